The Balaban J connectivity index is 4.44. The first-order chi connectivity index (χ1) is 34.6. The third-order valence-corrected chi connectivity index (χ3v) is 10.6. The maximum Gasteiger partial charge on any atom is 0.306 e. The van der Waals surface area contributed by atoms with Crippen molar-refractivity contribution in [2.24, 2.45) is 0 Å². The van der Waals surface area contributed by atoms with Gasteiger partial charge in [0.1, 0.15) is 13.2 Å². The van der Waals surface area contributed by atoms with Gasteiger partial charge < -0.3 is 33.3 Å². The predicted molar refractivity (Wildman–Crippen MR) is 296 cm³/mol. The molecule has 0 aliphatic heterocycles. The Morgan fingerprint density at radius 3 is 1.18 bits per heavy atom. The molecule has 0 spiro atoms. The number of aliphatic carboxylic acids is 1. The minimum atomic E-state index is -1.65. The second kappa shape index (κ2) is 51.5. The SMILES string of the molecule is CC/C=C\C/C=C\C/C=C\C/C=C\C/C=C\C/C=C\CCCCCCCCCCC(=O)OC(COC(=O)CC/C=C\C/C=C\C/C=C\C/C=C\C/C=C\C/C=C\CC)COC(OCC[N+](C)(C)C)C(=O)[O-]. The van der Waals surface area contributed by atoms with Crippen LogP contribution in [0.1, 0.15) is 168 Å². The number of carbonyl (C=O) groups is 3. The largest absolute Gasteiger partial charge is 0.545 e. The number of likely N-dealkylation sites (N-methyl/N-ethyl adjacent to an activating group) is 1. The van der Waals surface area contributed by atoms with Crippen molar-refractivity contribution in [2.45, 2.75) is 180 Å². The first-order valence-corrected chi connectivity index (χ1v) is 27.0. The van der Waals surface area contributed by atoms with Crippen LogP contribution in [0.4, 0.5) is 0 Å². The summed E-state index contributed by atoms with van der Waals surface area (Å²) in [6, 6.07) is 0. The quantitative estimate of drug-likeness (QED) is 0.0195. The van der Waals surface area contributed by atoms with Crippen molar-refractivity contribution < 1.29 is 42.9 Å². The molecule has 9 nitrogen and oxygen atoms in total. The predicted octanol–water partition coefficient (Wildman–Crippen LogP) is 14.3. The number of esters is 2. The fraction of sp³-hybridized carbons (Fsp3) is 0.565. The molecule has 398 valence electrons. The summed E-state index contributed by atoms with van der Waals surface area (Å²) in [5, 5.41) is 11.8. The van der Waals surface area contributed by atoms with Crippen LogP contribution in [0.2, 0.25) is 0 Å². The van der Waals surface area contributed by atoms with Gasteiger partial charge in [-0.3, -0.25) is 9.59 Å². The molecule has 0 radical (unpaired) electrons. The van der Waals surface area contributed by atoms with E-state index in [-0.39, 0.29) is 32.7 Å². The zero-order valence-corrected chi connectivity index (χ0v) is 45.0. The summed E-state index contributed by atoms with van der Waals surface area (Å²) < 4.78 is 22.5. The highest BCUT2D eigenvalue weighted by Crippen LogP contribution is 2.13. The second-order valence-electron chi connectivity index (χ2n) is 18.4. The number of carboxylic acid groups (broad SMARTS) is 1. The van der Waals surface area contributed by atoms with Gasteiger partial charge in [0.15, 0.2) is 12.4 Å². The summed E-state index contributed by atoms with van der Waals surface area (Å²) in [6.07, 6.45) is 71.9. The summed E-state index contributed by atoms with van der Waals surface area (Å²) in [4.78, 5) is 37.2. The van der Waals surface area contributed by atoms with E-state index in [0.717, 1.165) is 103 Å². The lowest BCUT2D eigenvalue weighted by atomic mass is 10.1. The smallest absolute Gasteiger partial charge is 0.306 e. The van der Waals surface area contributed by atoms with E-state index < -0.39 is 30.3 Å². The van der Waals surface area contributed by atoms with E-state index in [1.54, 1.807) is 0 Å². The Morgan fingerprint density at radius 1 is 0.423 bits per heavy atom. The van der Waals surface area contributed by atoms with Crippen molar-refractivity contribution in [3.63, 3.8) is 0 Å². The average molecular weight is 984 g/mol. The Kier molecular flexibility index (Phi) is 48.0. The lowest BCUT2D eigenvalue weighted by molar-refractivity contribution is -0.870. The summed E-state index contributed by atoms with van der Waals surface area (Å²) in [5.74, 6) is -2.43. The van der Waals surface area contributed by atoms with Crippen molar-refractivity contribution >= 4 is 17.9 Å². The molecule has 0 saturated heterocycles. The number of rotatable bonds is 47. The topological polar surface area (TPSA) is 111 Å². The van der Waals surface area contributed by atoms with Crippen LogP contribution in [0.25, 0.3) is 0 Å². The fourth-order valence-electron chi connectivity index (χ4n) is 6.50. The third kappa shape index (κ3) is 52.8. The molecule has 0 rings (SSSR count). The van der Waals surface area contributed by atoms with Gasteiger partial charge in [0, 0.05) is 12.8 Å². The van der Waals surface area contributed by atoms with Gasteiger partial charge in [0.2, 0.25) is 0 Å². The molecule has 71 heavy (non-hydrogen) atoms. The molecule has 2 unspecified atom stereocenters. The van der Waals surface area contributed by atoms with Gasteiger partial charge in [-0.25, -0.2) is 0 Å². The standard InChI is InChI=1S/C62H97NO8/c1-6-8-10-12-14-16-18-20-22-24-26-27-28-29-30-31-32-33-35-37-39-41-43-45-47-49-51-53-60(65)71-58(57-70-62(61(66)67)68-55-54-63(3,4)5)56-69-59(64)52-50-48-46-44-42-40-38-36-34-25-23-21-19-17-15-13-11-9-7-2/h8-11,14-17,20-23,26-27,29-30,32-34,36,40,42,46,48,58,62H,6-7,12-13,18-19,24-25,28,31,35,37-39,41,43-45,47,49-57H2,1-5H3/b10-8-,11-9-,16-14-,17-15-,22-20-,23-21-,27-26-,30-29-,33-32-,36-34-,42-40-,48-46-. The molecule has 0 saturated carbocycles. The van der Waals surface area contributed by atoms with Crippen LogP contribution in [0.5, 0.6) is 0 Å². The number of carboxylic acids is 1. The van der Waals surface area contributed by atoms with Gasteiger partial charge >= 0.3 is 11.9 Å². The summed E-state index contributed by atoms with van der Waals surface area (Å²) in [7, 11) is 5.88. The molecule has 0 aromatic heterocycles. The van der Waals surface area contributed by atoms with Gasteiger partial charge in [0.05, 0.1) is 40.3 Å². The van der Waals surface area contributed by atoms with Crippen LogP contribution >= 0.6 is 0 Å². The van der Waals surface area contributed by atoms with E-state index in [0.29, 0.717) is 23.9 Å². The molecule has 0 aromatic rings. The minimum Gasteiger partial charge on any atom is -0.545 e. The average Bonchev–Trinajstić information content (AvgIpc) is 3.34. The molecule has 0 aliphatic rings. The van der Waals surface area contributed by atoms with E-state index in [1.165, 1.54) is 25.7 Å². The Labute approximate surface area is 432 Å². The summed E-state index contributed by atoms with van der Waals surface area (Å²) in [5.41, 5.74) is 0. The number of unbranched alkanes of at least 4 members (excludes halogenated alkanes) is 8. The number of carbonyl (C=O) groups excluding carboxylic acids is 3. The lowest BCUT2D eigenvalue weighted by Crippen LogP contribution is -2.44. The molecule has 0 aliphatic carbocycles. The monoisotopic (exact) mass is 984 g/mol. The summed E-state index contributed by atoms with van der Waals surface area (Å²) >= 11 is 0. The Bertz CT molecular complexity index is 1670. The third-order valence-electron chi connectivity index (χ3n) is 10.6. The zero-order valence-electron chi connectivity index (χ0n) is 45.0. The van der Waals surface area contributed by atoms with Gasteiger partial charge in [-0.2, -0.15) is 0 Å². The normalized spacial score (nSPS) is 14.0. The maximum atomic E-state index is 12.8. The highest BCUT2D eigenvalue weighted by molar-refractivity contribution is 5.70. The summed E-state index contributed by atoms with van der Waals surface area (Å²) in [6.45, 7) is 4.39. The van der Waals surface area contributed by atoms with Gasteiger partial charge in [-0.1, -0.05) is 198 Å². The van der Waals surface area contributed by atoms with Crippen LogP contribution in [0, 0.1) is 0 Å². The van der Waals surface area contributed by atoms with Crippen molar-refractivity contribution in [1.29, 1.82) is 0 Å². The highest BCUT2D eigenvalue weighted by Gasteiger charge is 2.21. The van der Waals surface area contributed by atoms with Gasteiger partial charge in [-0.15, -0.1) is 0 Å². The number of ether oxygens (including phenoxy) is 4. The van der Waals surface area contributed by atoms with Crippen LogP contribution in [-0.4, -0.2) is 82.3 Å². The molecule has 9 heteroatoms. The van der Waals surface area contributed by atoms with Crippen LogP contribution in [0.3, 0.4) is 0 Å². The molecule has 0 amide bonds. The number of hydrogen-bond donors (Lipinski definition) is 0. The van der Waals surface area contributed by atoms with Crippen molar-refractivity contribution in [3.05, 3.63) is 146 Å². The van der Waals surface area contributed by atoms with Gasteiger partial charge in [-0.05, 0) is 103 Å². The lowest BCUT2D eigenvalue weighted by Gasteiger charge is -2.26. The van der Waals surface area contributed by atoms with Crippen LogP contribution in [0.15, 0.2) is 146 Å². The molecule has 0 heterocycles. The van der Waals surface area contributed by atoms with E-state index in [4.69, 9.17) is 18.9 Å². The first-order valence-electron chi connectivity index (χ1n) is 27.0. The second-order valence-corrected chi connectivity index (χ2v) is 18.4. The maximum absolute atomic E-state index is 12.8. The van der Waals surface area contributed by atoms with E-state index in [2.05, 4.69) is 148 Å². The zero-order chi connectivity index (χ0) is 52.0. The molecule has 0 N–H and O–H groups in total. The van der Waals surface area contributed by atoms with Gasteiger partial charge in [0.25, 0.3) is 0 Å². The fourth-order valence-corrected chi connectivity index (χ4v) is 6.50. The van der Waals surface area contributed by atoms with E-state index >= 15 is 0 Å². The number of quaternary nitrogens is 1. The molecule has 0 fully saturated rings. The van der Waals surface area contributed by atoms with Crippen molar-refractivity contribution in [1.82, 2.24) is 0 Å². The number of allylic oxidation sites excluding steroid dienone is 24. The number of nitrogens with zero attached hydrogens (tertiary/aromatic N) is 1. The van der Waals surface area contributed by atoms with E-state index in [1.807, 2.05) is 33.3 Å². The first kappa shape index (κ1) is 66.2. The van der Waals surface area contributed by atoms with E-state index in [9.17, 15) is 19.5 Å². The number of hydrogen-bond acceptors (Lipinski definition) is 8. The van der Waals surface area contributed by atoms with Crippen LogP contribution in [-0.2, 0) is 33.3 Å². The van der Waals surface area contributed by atoms with Crippen molar-refractivity contribution in [3.8, 4) is 0 Å². The van der Waals surface area contributed by atoms with Crippen LogP contribution < -0.4 is 5.11 Å². The Morgan fingerprint density at radius 2 is 0.789 bits per heavy atom. The molecular formula is C62H97NO8. The molecule has 0 aromatic carbocycles. The molecular weight excluding hydrogens is 887 g/mol. The molecule has 0 bridgehead atoms. The Hall–Kier alpha value is -4.83. The highest BCUT2D eigenvalue weighted by atomic mass is 16.7. The van der Waals surface area contributed by atoms with Crippen molar-refractivity contribution in [2.75, 3.05) is 47.5 Å². The minimum absolute atomic E-state index is 0.126. The molecule has 2 atom stereocenters.